The lowest BCUT2D eigenvalue weighted by molar-refractivity contribution is -0.187. The molecule has 0 saturated carbocycles. The van der Waals surface area contributed by atoms with E-state index in [0.29, 0.717) is 12.1 Å². The quantitative estimate of drug-likeness (QED) is 0.0666. The Bertz CT molecular complexity index is 1640. The lowest BCUT2D eigenvalue weighted by Gasteiger charge is -2.21. The van der Waals surface area contributed by atoms with Crippen molar-refractivity contribution >= 4 is 6.08 Å². The summed E-state index contributed by atoms with van der Waals surface area (Å²) in [5.41, 5.74) is -0.742. The zero-order valence-electron chi connectivity index (χ0n) is 26.0. The SMILES string of the molecule is CCCCCCCc1ccc(C(F)(F)Oc2ccc(C(F)(F)Oc3cc(F)c(CC/C=C/c4cc(F)c(F)c(F)c4)c(F)c3)cc2)cc1. The minimum absolute atomic E-state index is 0.0111. The fourth-order valence-corrected chi connectivity index (χ4v) is 4.92. The third kappa shape index (κ3) is 9.81. The number of ether oxygens (including phenoxy) is 2. The molecule has 0 aliphatic heterocycles. The molecular weight excluding hydrogens is 647 g/mol. The maximum atomic E-state index is 14.9. The highest BCUT2D eigenvalue weighted by atomic mass is 19.3. The van der Waals surface area contributed by atoms with Gasteiger partial charge < -0.3 is 9.47 Å². The molecule has 0 bridgehead atoms. The van der Waals surface area contributed by atoms with Crippen molar-refractivity contribution in [1.29, 1.82) is 0 Å². The average Bonchev–Trinajstić information content (AvgIpc) is 3.03. The minimum Gasteiger partial charge on any atom is -0.429 e. The third-order valence-electron chi connectivity index (χ3n) is 7.53. The van der Waals surface area contributed by atoms with Crippen LogP contribution < -0.4 is 9.47 Å². The molecule has 0 atom stereocenters. The van der Waals surface area contributed by atoms with Gasteiger partial charge in [-0.25, -0.2) is 22.0 Å². The summed E-state index contributed by atoms with van der Waals surface area (Å²) in [4.78, 5) is 0. The summed E-state index contributed by atoms with van der Waals surface area (Å²) >= 11 is 0. The molecule has 256 valence electrons. The molecule has 0 aliphatic rings. The van der Waals surface area contributed by atoms with Crippen molar-refractivity contribution in [1.82, 2.24) is 0 Å². The van der Waals surface area contributed by atoms with Crippen LogP contribution in [0.2, 0.25) is 0 Å². The molecule has 0 amide bonds. The minimum atomic E-state index is -4.10. The van der Waals surface area contributed by atoms with Gasteiger partial charge >= 0.3 is 12.2 Å². The van der Waals surface area contributed by atoms with Crippen LogP contribution in [0.1, 0.15) is 73.3 Å². The van der Waals surface area contributed by atoms with Crippen LogP contribution in [-0.4, -0.2) is 0 Å². The van der Waals surface area contributed by atoms with Crippen LogP contribution in [0.5, 0.6) is 11.5 Å². The van der Waals surface area contributed by atoms with Crippen molar-refractivity contribution in [2.24, 2.45) is 0 Å². The van der Waals surface area contributed by atoms with Crippen molar-refractivity contribution in [3.8, 4) is 11.5 Å². The first kappa shape index (κ1) is 36.4. The molecule has 0 aliphatic carbocycles. The van der Waals surface area contributed by atoms with E-state index in [1.165, 1.54) is 24.3 Å². The topological polar surface area (TPSA) is 18.5 Å². The van der Waals surface area contributed by atoms with Crippen LogP contribution in [-0.2, 0) is 25.1 Å². The van der Waals surface area contributed by atoms with E-state index in [0.717, 1.165) is 80.5 Å². The van der Waals surface area contributed by atoms with E-state index < -0.39 is 69.5 Å². The van der Waals surface area contributed by atoms with E-state index in [2.05, 4.69) is 11.7 Å². The molecule has 0 saturated heterocycles. The molecule has 4 rings (SSSR count). The van der Waals surface area contributed by atoms with E-state index in [1.807, 2.05) is 0 Å². The van der Waals surface area contributed by atoms with Gasteiger partial charge in [-0.05, 0) is 85.3 Å². The van der Waals surface area contributed by atoms with E-state index in [-0.39, 0.29) is 18.4 Å². The number of unbranched alkanes of at least 4 members (excludes halogenated alkanes) is 4. The number of hydrogen-bond acceptors (Lipinski definition) is 2. The highest BCUT2D eigenvalue weighted by Gasteiger charge is 2.37. The van der Waals surface area contributed by atoms with Gasteiger partial charge in [0.05, 0.1) is 11.1 Å². The maximum Gasteiger partial charge on any atom is 0.426 e. The lowest BCUT2D eigenvalue weighted by atomic mass is 10.0. The molecule has 0 spiro atoms. The number of allylic oxidation sites excluding steroid dienone is 1. The Morgan fingerprint density at radius 2 is 1.10 bits per heavy atom. The van der Waals surface area contributed by atoms with Crippen LogP contribution in [0, 0.1) is 29.1 Å². The van der Waals surface area contributed by atoms with Crippen LogP contribution in [0.4, 0.5) is 39.5 Å². The van der Waals surface area contributed by atoms with Gasteiger partial charge in [-0.15, -0.1) is 0 Å². The molecule has 4 aromatic rings. The summed E-state index contributed by atoms with van der Waals surface area (Å²) in [6.07, 6.45) is 0.665. The van der Waals surface area contributed by atoms with Crippen molar-refractivity contribution in [3.63, 3.8) is 0 Å². The third-order valence-corrected chi connectivity index (χ3v) is 7.53. The smallest absolute Gasteiger partial charge is 0.426 e. The summed E-state index contributed by atoms with van der Waals surface area (Å²) in [6, 6.07) is 11.7. The largest absolute Gasteiger partial charge is 0.429 e. The van der Waals surface area contributed by atoms with Crippen LogP contribution in [0.25, 0.3) is 6.08 Å². The monoisotopic (exact) mass is 680 g/mol. The summed E-state index contributed by atoms with van der Waals surface area (Å²) in [5.74, 6) is -8.02. The van der Waals surface area contributed by atoms with Crippen LogP contribution in [0.3, 0.4) is 0 Å². The number of alkyl halides is 4. The highest BCUT2D eigenvalue weighted by Crippen LogP contribution is 2.36. The lowest BCUT2D eigenvalue weighted by Crippen LogP contribution is -2.23. The Morgan fingerprint density at radius 3 is 1.67 bits per heavy atom. The Labute approximate surface area is 272 Å². The second-order valence-electron chi connectivity index (χ2n) is 11.2. The number of benzene rings is 4. The van der Waals surface area contributed by atoms with E-state index in [9.17, 15) is 39.5 Å². The number of halogens is 9. The molecule has 11 heteroatoms. The first-order valence-electron chi connectivity index (χ1n) is 15.4. The molecule has 0 unspecified atom stereocenters. The standard InChI is InChI=1S/C37H33F9O2/c1-2-3-4-5-6-9-24-12-14-26(15-13-24)36(43,44)47-28-18-16-27(17-19-28)37(45,46)48-29-22-31(38)30(32(39)23-29)11-8-7-10-25-20-33(40)35(42)34(41)21-25/h7,10,12-23H,2-6,8-9,11H2,1H3/b10-7+. The summed E-state index contributed by atoms with van der Waals surface area (Å²) in [6.45, 7) is 2.12. The normalized spacial score (nSPS) is 12.1. The molecule has 2 nitrogen and oxygen atoms in total. The van der Waals surface area contributed by atoms with Gasteiger partial charge in [0.2, 0.25) is 0 Å². The molecule has 4 aromatic carbocycles. The van der Waals surface area contributed by atoms with Crippen molar-refractivity contribution in [3.05, 3.63) is 136 Å². The predicted octanol–water partition coefficient (Wildman–Crippen LogP) is 11.8. The molecule has 0 heterocycles. The predicted molar refractivity (Wildman–Crippen MR) is 164 cm³/mol. The Balaban J connectivity index is 1.34. The highest BCUT2D eigenvalue weighted by molar-refractivity contribution is 5.49. The summed E-state index contributed by atoms with van der Waals surface area (Å²) < 4.78 is 138. The average molecular weight is 681 g/mol. The van der Waals surface area contributed by atoms with Gasteiger partial charge in [0.25, 0.3) is 0 Å². The van der Waals surface area contributed by atoms with Crippen molar-refractivity contribution < 1.29 is 49.0 Å². The van der Waals surface area contributed by atoms with Gasteiger partial charge in [-0.2, -0.15) is 17.6 Å². The Hall–Kier alpha value is -4.41. The molecule has 0 fully saturated rings. The molecular formula is C37H33F9O2. The zero-order chi connectivity index (χ0) is 34.9. The number of aryl methyl sites for hydroxylation is 1. The van der Waals surface area contributed by atoms with Crippen LogP contribution in [0.15, 0.2) is 78.9 Å². The summed E-state index contributed by atoms with van der Waals surface area (Å²) in [7, 11) is 0. The number of hydrogen-bond donors (Lipinski definition) is 0. The molecule has 0 radical (unpaired) electrons. The van der Waals surface area contributed by atoms with E-state index in [1.54, 1.807) is 12.1 Å². The fraction of sp³-hybridized carbons (Fsp3) is 0.297. The Morgan fingerprint density at radius 1 is 0.583 bits per heavy atom. The second-order valence-corrected chi connectivity index (χ2v) is 11.2. The van der Waals surface area contributed by atoms with Gasteiger partial charge in [0.15, 0.2) is 17.5 Å². The van der Waals surface area contributed by atoms with Gasteiger partial charge in [0.1, 0.15) is 23.1 Å². The fourth-order valence-electron chi connectivity index (χ4n) is 4.92. The molecule has 0 N–H and O–H groups in total. The molecule has 0 aromatic heterocycles. The number of rotatable bonds is 16. The van der Waals surface area contributed by atoms with Gasteiger partial charge in [0, 0.05) is 17.7 Å². The van der Waals surface area contributed by atoms with Gasteiger partial charge in [-0.3, -0.25) is 0 Å². The second kappa shape index (κ2) is 16.1. The van der Waals surface area contributed by atoms with E-state index in [4.69, 9.17) is 4.74 Å². The maximum absolute atomic E-state index is 14.9. The zero-order valence-corrected chi connectivity index (χ0v) is 26.0. The molecule has 48 heavy (non-hydrogen) atoms. The van der Waals surface area contributed by atoms with Crippen LogP contribution >= 0.6 is 0 Å². The van der Waals surface area contributed by atoms with Gasteiger partial charge in [-0.1, -0.05) is 56.9 Å². The summed E-state index contributed by atoms with van der Waals surface area (Å²) in [5, 5.41) is 0. The first-order valence-corrected chi connectivity index (χ1v) is 15.4. The van der Waals surface area contributed by atoms with E-state index >= 15 is 0 Å². The van der Waals surface area contributed by atoms with Crippen molar-refractivity contribution in [2.45, 2.75) is 70.5 Å². The Kier molecular flexibility index (Phi) is 12.2. The first-order chi connectivity index (χ1) is 22.8. The van der Waals surface area contributed by atoms with Crippen molar-refractivity contribution in [2.75, 3.05) is 0 Å².